The van der Waals surface area contributed by atoms with Crippen LogP contribution in [0.4, 0.5) is 11.4 Å². The molecule has 1 aromatic heterocycles. The van der Waals surface area contributed by atoms with Gasteiger partial charge in [0.05, 0.1) is 17.2 Å². The van der Waals surface area contributed by atoms with Crippen LogP contribution in [-0.4, -0.2) is 27.6 Å². The lowest BCUT2D eigenvalue weighted by atomic mass is 10.1. The molecule has 27 heavy (non-hydrogen) atoms. The number of nitro benzene ring substituents is 1. The summed E-state index contributed by atoms with van der Waals surface area (Å²) < 4.78 is 10.2. The second-order valence-electron chi connectivity index (χ2n) is 5.51. The third-order valence-electron chi connectivity index (χ3n) is 3.66. The zero-order valence-electron chi connectivity index (χ0n) is 14.6. The highest BCUT2D eigenvalue weighted by Crippen LogP contribution is 2.29. The summed E-state index contributed by atoms with van der Waals surface area (Å²) in [6, 6.07) is 11.0. The number of carbonyl (C=O) groups is 1. The van der Waals surface area contributed by atoms with Crippen LogP contribution < -0.4 is 10.1 Å². The predicted molar refractivity (Wildman–Crippen MR) is 96.7 cm³/mol. The molecule has 0 atom stereocenters. The fraction of sp³-hybridized carbons (Fsp3) is 0.167. The number of nitrogens with one attached hydrogen (secondary N) is 1. The lowest BCUT2D eigenvalue weighted by Gasteiger charge is -2.10. The van der Waals surface area contributed by atoms with E-state index < -0.39 is 10.8 Å². The van der Waals surface area contributed by atoms with Gasteiger partial charge in [0.25, 0.3) is 5.91 Å². The maximum Gasteiger partial charge on any atom is 0.311 e. The summed E-state index contributed by atoms with van der Waals surface area (Å²) in [4.78, 5) is 27.4. The van der Waals surface area contributed by atoms with Gasteiger partial charge < -0.3 is 14.6 Å². The highest BCUT2D eigenvalue weighted by atomic mass is 16.6. The third-order valence-corrected chi connectivity index (χ3v) is 3.66. The number of aromatic nitrogens is 2. The van der Waals surface area contributed by atoms with Gasteiger partial charge in [-0.2, -0.15) is 4.98 Å². The van der Waals surface area contributed by atoms with Crippen molar-refractivity contribution in [1.29, 1.82) is 0 Å². The van der Waals surface area contributed by atoms with Crippen LogP contribution in [0.1, 0.15) is 23.2 Å². The van der Waals surface area contributed by atoms with Gasteiger partial charge in [0, 0.05) is 24.1 Å². The topological polar surface area (TPSA) is 120 Å². The van der Waals surface area contributed by atoms with E-state index in [-0.39, 0.29) is 23.6 Å². The maximum absolute atomic E-state index is 12.6. The minimum absolute atomic E-state index is 0.113. The summed E-state index contributed by atoms with van der Waals surface area (Å²) in [6.07, 6.45) is 0. The first kappa shape index (κ1) is 18.1. The Bertz CT molecular complexity index is 999. The summed E-state index contributed by atoms with van der Waals surface area (Å²) in [5, 5.41) is 17.8. The standard InChI is InChI=1S/C18H16N4O5/c1-3-26-16-9-8-12(10-15(16)22(24)25)18(23)20-14-7-5-4-6-13(14)17-19-11(2)27-21-17/h4-10H,3H2,1-2H3,(H,20,23). The Morgan fingerprint density at radius 3 is 2.74 bits per heavy atom. The van der Waals surface area contributed by atoms with Gasteiger partial charge in [0.2, 0.25) is 11.7 Å². The number of ether oxygens (including phenoxy) is 1. The van der Waals surface area contributed by atoms with Crippen LogP contribution in [0, 0.1) is 17.0 Å². The van der Waals surface area contributed by atoms with Crippen molar-refractivity contribution < 1.29 is 19.0 Å². The maximum atomic E-state index is 12.6. The van der Waals surface area contributed by atoms with E-state index in [9.17, 15) is 14.9 Å². The van der Waals surface area contributed by atoms with E-state index in [1.165, 1.54) is 18.2 Å². The molecule has 0 aliphatic heterocycles. The molecule has 0 aliphatic carbocycles. The van der Waals surface area contributed by atoms with E-state index in [0.29, 0.717) is 23.0 Å². The Morgan fingerprint density at radius 1 is 1.30 bits per heavy atom. The van der Waals surface area contributed by atoms with Gasteiger partial charge in [-0.1, -0.05) is 17.3 Å². The molecule has 3 aromatic rings. The van der Waals surface area contributed by atoms with Crippen molar-refractivity contribution in [2.75, 3.05) is 11.9 Å². The van der Waals surface area contributed by atoms with E-state index in [1.807, 2.05) is 0 Å². The van der Waals surface area contributed by atoms with Gasteiger partial charge in [-0.15, -0.1) is 0 Å². The summed E-state index contributed by atoms with van der Waals surface area (Å²) in [5.41, 5.74) is 0.888. The molecular weight excluding hydrogens is 352 g/mol. The first-order chi connectivity index (χ1) is 13.0. The molecule has 0 aliphatic rings. The van der Waals surface area contributed by atoms with Crippen molar-refractivity contribution >= 4 is 17.3 Å². The van der Waals surface area contributed by atoms with Gasteiger partial charge in [-0.05, 0) is 31.2 Å². The average molecular weight is 368 g/mol. The highest BCUT2D eigenvalue weighted by molar-refractivity contribution is 6.06. The second-order valence-corrected chi connectivity index (χ2v) is 5.51. The third kappa shape index (κ3) is 3.92. The molecule has 9 nitrogen and oxygen atoms in total. The van der Waals surface area contributed by atoms with E-state index in [0.717, 1.165) is 0 Å². The van der Waals surface area contributed by atoms with Gasteiger partial charge >= 0.3 is 5.69 Å². The highest BCUT2D eigenvalue weighted by Gasteiger charge is 2.20. The number of carbonyl (C=O) groups excluding carboxylic acids is 1. The van der Waals surface area contributed by atoms with Crippen molar-refractivity contribution in [2.24, 2.45) is 0 Å². The smallest absolute Gasteiger partial charge is 0.311 e. The fourth-order valence-electron chi connectivity index (χ4n) is 2.47. The Hall–Kier alpha value is -3.75. The molecule has 0 bridgehead atoms. The molecule has 138 valence electrons. The monoisotopic (exact) mass is 368 g/mol. The molecule has 2 aromatic carbocycles. The Labute approximate surface area is 154 Å². The second kappa shape index (κ2) is 7.65. The number of para-hydroxylation sites is 1. The Balaban J connectivity index is 1.90. The van der Waals surface area contributed by atoms with Crippen molar-refractivity contribution in [1.82, 2.24) is 10.1 Å². The van der Waals surface area contributed by atoms with Crippen LogP contribution in [0.5, 0.6) is 5.75 Å². The first-order valence-electron chi connectivity index (χ1n) is 8.12. The molecule has 0 unspecified atom stereocenters. The number of hydrogen-bond donors (Lipinski definition) is 1. The molecular formula is C18H16N4O5. The fourth-order valence-corrected chi connectivity index (χ4v) is 2.47. The van der Waals surface area contributed by atoms with Gasteiger partial charge in [-0.3, -0.25) is 14.9 Å². The molecule has 1 heterocycles. The van der Waals surface area contributed by atoms with E-state index in [1.54, 1.807) is 38.1 Å². The van der Waals surface area contributed by atoms with E-state index in [2.05, 4.69) is 15.5 Å². The number of rotatable bonds is 6. The largest absolute Gasteiger partial charge is 0.487 e. The van der Waals surface area contributed by atoms with Crippen molar-refractivity contribution in [3.05, 3.63) is 64.0 Å². The van der Waals surface area contributed by atoms with E-state index >= 15 is 0 Å². The molecule has 9 heteroatoms. The lowest BCUT2D eigenvalue weighted by Crippen LogP contribution is -2.13. The quantitative estimate of drug-likeness (QED) is 0.521. The Morgan fingerprint density at radius 2 is 2.07 bits per heavy atom. The summed E-state index contributed by atoms with van der Waals surface area (Å²) >= 11 is 0. The number of amides is 1. The van der Waals surface area contributed by atoms with Crippen molar-refractivity contribution in [3.8, 4) is 17.1 Å². The summed E-state index contributed by atoms with van der Waals surface area (Å²) in [5.74, 6) is 0.338. The van der Waals surface area contributed by atoms with Crippen molar-refractivity contribution in [2.45, 2.75) is 13.8 Å². The summed E-state index contributed by atoms with van der Waals surface area (Å²) in [7, 11) is 0. The number of hydrogen-bond acceptors (Lipinski definition) is 7. The molecule has 1 N–H and O–H groups in total. The SMILES string of the molecule is CCOc1ccc(C(=O)Nc2ccccc2-c2noc(C)n2)cc1[N+](=O)[O-]. The van der Waals surface area contributed by atoms with Crippen LogP contribution in [-0.2, 0) is 0 Å². The van der Waals surface area contributed by atoms with Gasteiger partial charge in [-0.25, -0.2) is 0 Å². The number of nitrogens with zero attached hydrogens (tertiary/aromatic N) is 3. The van der Waals surface area contributed by atoms with Crippen LogP contribution in [0.2, 0.25) is 0 Å². The summed E-state index contributed by atoms with van der Waals surface area (Å²) in [6.45, 7) is 3.67. The molecule has 0 spiro atoms. The Kier molecular flexibility index (Phi) is 5.11. The molecule has 1 amide bonds. The molecule has 0 fully saturated rings. The van der Waals surface area contributed by atoms with Crippen LogP contribution >= 0.6 is 0 Å². The molecule has 3 rings (SSSR count). The number of benzene rings is 2. The lowest BCUT2D eigenvalue weighted by molar-refractivity contribution is -0.385. The van der Waals surface area contributed by atoms with E-state index in [4.69, 9.17) is 9.26 Å². The van der Waals surface area contributed by atoms with Crippen LogP contribution in [0.25, 0.3) is 11.4 Å². The number of aryl methyl sites for hydroxylation is 1. The minimum Gasteiger partial charge on any atom is -0.487 e. The van der Waals surface area contributed by atoms with Gasteiger partial charge in [0.1, 0.15) is 0 Å². The normalized spacial score (nSPS) is 10.4. The number of anilines is 1. The van der Waals surface area contributed by atoms with Crippen LogP contribution in [0.15, 0.2) is 47.0 Å². The van der Waals surface area contributed by atoms with Crippen molar-refractivity contribution in [3.63, 3.8) is 0 Å². The molecule has 0 saturated carbocycles. The zero-order valence-corrected chi connectivity index (χ0v) is 14.6. The van der Waals surface area contributed by atoms with Gasteiger partial charge in [0.15, 0.2) is 5.75 Å². The first-order valence-corrected chi connectivity index (χ1v) is 8.12. The number of nitro groups is 1. The average Bonchev–Trinajstić information content (AvgIpc) is 3.08. The molecule has 0 radical (unpaired) electrons. The van der Waals surface area contributed by atoms with Crippen LogP contribution in [0.3, 0.4) is 0 Å². The zero-order chi connectivity index (χ0) is 19.4. The molecule has 0 saturated heterocycles. The minimum atomic E-state index is -0.586. The predicted octanol–water partition coefficient (Wildman–Crippen LogP) is 3.60.